The van der Waals surface area contributed by atoms with Crippen molar-refractivity contribution in [2.75, 3.05) is 13.1 Å². The number of oxime groups is 1. The van der Waals surface area contributed by atoms with Gasteiger partial charge in [-0.15, -0.1) is 0 Å². The van der Waals surface area contributed by atoms with Crippen molar-refractivity contribution in [1.82, 2.24) is 4.90 Å². The van der Waals surface area contributed by atoms with E-state index in [1.165, 1.54) is 19.4 Å². The molecule has 10 heavy (non-hydrogen) atoms. The Morgan fingerprint density at radius 1 is 1.60 bits per heavy atom. The van der Waals surface area contributed by atoms with Crippen molar-refractivity contribution in [3.63, 3.8) is 0 Å². The monoisotopic (exact) mass is 140 g/mol. The van der Waals surface area contributed by atoms with E-state index in [0.29, 0.717) is 6.04 Å². The topological polar surface area (TPSA) is 35.8 Å². The van der Waals surface area contributed by atoms with E-state index in [1.54, 1.807) is 0 Å². The maximum Gasteiger partial charge on any atom is 0.0726 e. The van der Waals surface area contributed by atoms with E-state index in [1.807, 2.05) is 0 Å². The minimum absolute atomic E-state index is 0.700. The highest BCUT2D eigenvalue weighted by Gasteiger charge is 2.32. The molecule has 0 bridgehead atoms. The molecule has 0 spiro atoms. The van der Waals surface area contributed by atoms with Gasteiger partial charge in [-0.25, -0.2) is 0 Å². The zero-order valence-electron chi connectivity index (χ0n) is 5.95. The summed E-state index contributed by atoms with van der Waals surface area (Å²) in [5.41, 5.74) is 0.963. The summed E-state index contributed by atoms with van der Waals surface area (Å²) in [6.45, 7) is 2.10. The van der Waals surface area contributed by atoms with Gasteiger partial charge in [-0.05, 0) is 19.4 Å². The molecule has 3 heteroatoms. The molecular weight excluding hydrogens is 128 g/mol. The molecule has 1 unspecified atom stereocenters. The van der Waals surface area contributed by atoms with Crippen LogP contribution in [0, 0.1) is 0 Å². The maximum atomic E-state index is 8.48. The van der Waals surface area contributed by atoms with E-state index in [2.05, 4.69) is 10.1 Å². The van der Waals surface area contributed by atoms with E-state index < -0.39 is 0 Å². The minimum Gasteiger partial charge on any atom is -0.411 e. The lowest BCUT2D eigenvalue weighted by atomic mass is 10.1. The number of rotatable bonds is 0. The van der Waals surface area contributed by atoms with E-state index in [0.717, 1.165) is 18.7 Å². The van der Waals surface area contributed by atoms with Gasteiger partial charge in [-0.3, -0.25) is 4.90 Å². The van der Waals surface area contributed by atoms with Crippen LogP contribution in [0.1, 0.15) is 19.3 Å². The van der Waals surface area contributed by atoms with Crippen LogP contribution in [0.25, 0.3) is 0 Å². The summed E-state index contributed by atoms with van der Waals surface area (Å²) in [4.78, 5) is 2.40. The molecule has 2 heterocycles. The fourth-order valence-electron chi connectivity index (χ4n) is 1.98. The van der Waals surface area contributed by atoms with Crippen LogP contribution in [0.2, 0.25) is 0 Å². The summed E-state index contributed by atoms with van der Waals surface area (Å²) in [5, 5.41) is 11.7. The summed E-state index contributed by atoms with van der Waals surface area (Å²) >= 11 is 0. The van der Waals surface area contributed by atoms with Gasteiger partial charge in [0, 0.05) is 19.0 Å². The lowest BCUT2D eigenvalue weighted by Crippen LogP contribution is -2.22. The van der Waals surface area contributed by atoms with Gasteiger partial charge in [0.15, 0.2) is 0 Å². The molecule has 1 N–H and O–H groups in total. The van der Waals surface area contributed by atoms with Gasteiger partial charge in [-0.2, -0.15) is 0 Å². The van der Waals surface area contributed by atoms with Gasteiger partial charge in [-0.1, -0.05) is 5.16 Å². The highest BCUT2D eigenvalue weighted by Crippen LogP contribution is 2.25. The Labute approximate surface area is 60.3 Å². The molecule has 3 nitrogen and oxygen atoms in total. The van der Waals surface area contributed by atoms with Gasteiger partial charge in [0.1, 0.15) is 0 Å². The smallest absolute Gasteiger partial charge is 0.0726 e. The second kappa shape index (κ2) is 2.23. The summed E-state index contributed by atoms with van der Waals surface area (Å²) in [5.74, 6) is 0. The van der Waals surface area contributed by atoms with E-state index in [4.69, 9.17) is 5.21 Å². The highest BCUT2D eigenvalue weighted by atomic mass is 16.4. The van der Waals surface area contributed by atoms with Crippen LogP contribution in [-0.4, -0.2) is 35.0 Å². The van der Waals surface area contributed by atoms with Crippen LogP contribution in [0.5, 0.6) is 0 Å². The largest absolute Gasteiger partial charge is 0.411 e. The Bertz CT molecular complexity index is 153. The van der Waals surface area contributed by atoms with Gasteiger partial charge >= 0.3 is 0 Å². The Balaban J connectivity index is 2.07. The molecule has 0 aromatic heterocycles. The van der Waals surface area contributed by atoms with Crippen molar-refractivity contribution in [3.8, 4) is 0 Å². The molecule has 0 aliphatic carbocycles. The second-order valence-corrected chi connectivity index (χ2v) is 3.14. The quantitative estimate of drug-likeness (QED) is 0.397. The molecule has 0 radical (unpaired) electrons. The van der Waals surface area contributed by atoms with Crippen molar-refractivity contribution >= 4 is 5.71 Å². The van der Waals surface area contributed by atoms with Crippen molar-refractivity contribution in [2.24, 2.45) is 5.16 Å². The Hall–Kier alpha value is -0.570. The first kappa shape index (κ1) is 6.16. The fourth-order valence-corrected chi connectivity index (χ4v) is 1.98. The lowest BCUT2D eigenvalue weighted by Gasteiger charge is -2.10. The molecule has 2 saturated heterocycles. The van der Waals surface area contributed by atoms with Crippen LogP contribution in [0.3, 0.4) is 0 Å². The predicted octanol–water partition coefficient (Wildman–Crippen LogP) is 0.685. The first-order valence-corrected chi connectivity index (χ1v) is 3.84. The SMILES string of the molecule is O/N=C1\CC2CCCN2C1. The molecule has 2 aliphatic rings. The number of hydrogen-bond acceptors (Lipinski definition) is 3. The number of hydrogen-bond donors (Lipinski definition) is 1. The lowest BCUT2D eigenvalue weighted by molar-refractivity contribution is 0.314. The fraction of sp³-hybridized carbons (Fsp3) is 0.857. The van der Waals surface area contributed by atoms with Gasteiger partial charge < -0.3 is 5.21 Å². The third kappa shape index (κ3) is 0.814. The first-order valence-electron chi connectivity index (χ1n) is 3.84. The van der Waals surface area contributed by atoms with Crippen LogP contribution in [-0.2, 0) is 0 Å². The zero-order chi connectivity index (χ0) is 6.97. The molecule has 2 aliphatic heterocycles. The number of nitrogens with zero attached hydrogens (tertiary/aromatic N) is 2. The van der Waals surface area contributed by atoms with E-state index in [-0.39, 0.29) is 0 Å². The number of fused-ring (bicyclic) bond motifs is 1. The van der Waals surface area contributed by atoms with Gasteiger partial charge in [0.25, 0.3) is 0 Å². The van der Waals surface area contributed by atoms with Crippen LogP contribution < -0.4 is 0 Å². The first-order chi connectivity index (χ1) is 4.90. The van der Waals surface area contributed by atoms with Gasteiger partial charge in [0.05, 0.1) is 5.71 Å². The average molecular weight is 140 g/mol. The third-order valence-corrected chi connectivity index (χ3v) is 2.50. The van der Waals surface area contributed by atoms with Crippen LogP contribution in [0.15, 0.2) is 5.16 Å². The van der Waals surface area contributed by atoms with Crippen LogP contribution in [0.4, 0.5) is 0 Å². The molecular formula is C7H12N2O. The normalized spacial score (nSPS) is 37.2. The maximum absolute atomic E-state index is 8.48. The van der Waals surface area contributed by atoms with Crippen LogP contribution >= 0.6 is 0 Å². The van der Waals surface area contributed by atoms with Crippen molar-refractivity contribution in [2.45, 2.75) is 25.3 Å². The van der Waals surface area contributed by atoms with Crippen molar-refractivity contribution in [3.05, 3.63) is 0 Å². The summed E-state index contributed by atoms with van der Waals surface area (Å²) < 4.78 is 0. The third-order valence-electron chi connectivity index (χ3n) is 2.50. The second-order valence-electron chi connectivity index (χ2n) is 3.14. The summed E-state index contributed by atoms with van der Waals surface area (Å²) in [7, 11) is 0. The summed E-state index contributed by atoms with van der Waals surface area (Å²) in [6.07, 6.45) is 3.61. The predicted molar refractivity (Wildman–Crippen MR) is 38.4 cm³/mol. The Kier molecular flexibility index (Phi) is 1.38. The zero-order valence-corrected chi connectivity index (χ0v) is 5.95. The molecule has 56 valence electrons. The molecule has 0 aromatic carbocycles. The Morgan fingerprint density at radius 3 is 3.20 bits per heavy atom. The van der Waals surface area contributed by atoms with Gasteiger partial charge in [0.2, 0.25) is 0 Å². The molecule has 1 atom stereocenters. The molecule has 2 rings (SSSR count). The minimum atomic E-state index is 0.700. The van der Waals surface area contributed by atoms with E-state index >= 15 is 0 Å². The average Bonchev–Trinajstić information content (AvgIpc) is 2.42. The summed E-state index contributed by atoms with van der Waals surface area (Å²) in [6, 6.07) is 0.700. The van der Waals surface area contributed by atoms with Crippen molar-refractivity contribution < 1.29 is 5.21 Å². The Morgan fingerprint density at radius 2 is 2.50 bits per heavy atom. The molecule has 2 fully saturated rings. The standard InChI is InChI=1S/C7H12N2O/c10-8-6-4-7-2-1-3-9(7)5-6/h7,10H,1-5H2/b8-6+. The highest BCUT2D eigenvalue weighted by molar-refractivity contribution is 5.88. The molecule has 0 aromatic rings. The van der Waals surface area contributed by atoms with Crippen molar-refractivity contribution in [1.29, 1.82) is 0 Å². The molecule has 0 amide bonds. The molecule has 0 saturated carbocycles. The van der Waals surface area contributed by atoms with E-state index in [9.17, 15) is 0 Å².